The fraction of sp³-hybridized carbons (Fsp3) is 0.143. The van der Waals surface area contributed by atoms with E-state index in [1.807, 2.05) is 0 Å². The number of aromatic hydroxyl groups is 1. The van der Waals surface area contributed by atoms with Crippen LogP contribution in [0.15, 0.2) is 71.6 Å². The van der Waals surface area contributed by atoms with Crippen molar-refractivity contribution in [2.75, 3.05) is 10.8 Å². The van der Waals surface area contributed by atoms with Crippen molar-refractivity contribution in [2.45, 2.75) is 18.0 Å². The van der Waals surface area contributed by atoms with Crippen LogP contribution in [0.2, 0.25) is 5.02 Å². The second-order valence-corrected chi connectivity index (χ2v) is 8.93. The maximum Gasteiger partial charge on any atom is 0.407 e. The van der Waals surface area contributed by atoms with Gasteiger partial charge in [0.15, 0.2) is 0 Å². The molecule has 0 heterocycles. The molecule has 0 aliphatic rings. The lowest BCUT2D eigenvalue weighted by atomic mass is 10.0. The number of phenolic OH excluding ortho intramolecular Hbond substituents is 1. The van der Waals surface area contributed by atoms with Crippen molar-refractivity contribution in [3.8, 4) is 16.9 Å². The van der Waals surface area contributed by atoms with Gasteiger partial charge >= 0.3 is 6.18 Å². The summed E-state index contributed by atoms with van der Waals surface area (Å²) in [5.41, 5.74) is 2.07. The number of rotatable bonds is 5. The minimum absolute atomic E-state index is 0.0943. The zero-order chi connectivity index (χ0) is 22.1. The number of halogens is 4. The lowest BCUT2D eigenvalue weighted by Crippen LogP contribution is -2.39. The van der Waals surface area contributed by atoms with Crippen molar-refractivity contribution in [1.29, 1.82) is 0 Å². The van der Waals surface area contributed by atoms with E-state index in [1.165, 1.54) is 48.5 Å². The quantitative estimate of drug-likeness (QED) is 0.530. The Hall–Kier alpha value is -2.71. The summed E-state index contributed by atoms with van der Waals surface area (Å²) in [5, 5.41) is 9.64. The van der Waals surface area contributed by atoms with Gasteiger partial charge in [-0.15, -0.1) is 0 Å². The van der Waals surface area contributed by atoms with Crippen molar-refractivity contribution < 1.29 is 26.7 Å². The van der Waals surface area contributed by atoms with Crippen LogP contribution in [-0.4, -0.2) is 26.2 Å². The highest BCUT2D eigenvalue weighted by molar-refractivity contribution is 7.92. The summed E-state index contributed by atoms with van der Waals surface area (Å²) in [6.45, 7) is 0.0992. The Morgan fingerprint density at radius 1 is 1.00 bits per heavy atom. The average Bonchev–Trinajstić information content (AvgIpc) is 2.66. The van der Waals surface area contributed by atoms with E-state index < -0.39 is 22.7 Å². The van der Waals surface area contributed by atoms with Crippen molar-refractivity contribution >= 4 is 27.3 Å². The van der Waals surface area contributed by atoms with Crippen LogP contribution >= 0.6 is 11.6 Å². The number of alkyl halides is 3. The summed E-state index contributed by atoms with van der Waals surface area (Å²) in [5.74, 6) is 0.0943. The maximum absolute atomic E-state index is 13.2. The second-order valence-electron chi connectivity index (χ2n) is 6.63. The van der Waals surface area contributed by atoms with Crippen LogP contribution < -0.4 is 4.31 Å². The van der Waals surface area contributed by atoms with Crippen LogP contribution in [0.1, 0.15) is 5.56 Å². The third-order valence-electron chi connectivity index (χ3n) is 4.38. The molecule has 0 radical (unpaired) electrons. The van der Waals surface area contributed by atoms with Crippen LogP contribution in [0.5, 0.6) is 5.75 Å². The average molecular weight is 456 g/mol. The van der Waals surface area contributed by atoms with E-state index in [9.17, 15) is 26.7 Å². The van der Waals surface area contributed by atoms with Gasteiger partial charge in [0, 0.05) is 5.02 Å². The SMILES string of the molecule is Cc1cc(O)ccc1-c1ccc(N(CC(F)(F)F)S(=O)(=O)c2cccc(Cl)c2)cc1. The van der Waals surface area contributed by atoms with Gasteiger partial charge in [0.05, 0.1) is 10.6 Å². The molecule has 0 saturated carbocycles. The third kappa shape index (κ3) is 4.88. The van der Waals surface area contributed by atoms with Gasteiger partial charge < -0.3 is 5.11 Å². The number of hydrogen-bond acceptors (Lipinski definition) is 3. The first kappa shape index (κ1) is 22.0. The second kappa shape index (κ2) is 8.20. The molecule has 0 saturated heterocycles. The molecular formula is C21H17ClF3NO3S. The van der Waals surface area contributed by atoms with E-state index in [1.54, 1.807) is 19.1 Å². The van der Waals surface area contributed by atoms with Gasteiger partial charge in [0.25, 0.3) is 10.0 Å². The van der Waals surface area contributed by atoms with Crippen LogP contribution in [-0.2, 0) is 10.0 Å². The Labute approximate surface area is 177 Å². The number of hydrogen-bond donors (Lipinski definition) is 1. The van der Waals surface area contributed by atoms with Gasteiger partial charge in [-0.2, -0.15) is 13.2 Å². The summed E-state index contributed by atoms with van der Waals surface area (Å²) >= 11 is 5.83. The molecule has 0 atom stereocenters. The number of anilines is 1. The van der Waals surface area contributed by atoms with E-state index in [2.05, 4.69) is 0 Å². The molecule has 0 aromatic heterocycles. The zero-order valence-electron chi connectivity index (χ0n) is 15.7. The molecule has 3 aromatic rings. The highest BCUT2D eigenvalue weighted by Crippen LogP contribution is 2.32. The molecule has 1 N–H and O–H groups in total. The number of phenols is 1. The predicted octanol–water partition coefficient (Wildman–Crippen LogP) is 5.78. The molecule has 0 aliphatic carbocycles. The lowest BCUT2D eigenvalue weighted by Gasteiger charge is -2.26. The molecule has 0 amide bonds. The number of aryl methyl sites for hydroxylation is 1. The Morgan fingerprint density at radius 2 is 1.67 bits per heavy atom. The topological polar surface area (TPSA) is 57.6 Å². The van der Waals surface area contributed by atoms with E-state index in [0.29, 0.717) is 9.87 Å². The van der Waals surface area contributed by atoms with E-state index in [-0.39, 0.29) is 21.4 Å². The van der Waals surface area contributed by atoms with E-state index in [0.717, 1.165) is 17.2 Å². The van der Waals surface area contributed by atoms with Gasteiger partial charge in [-0.1, -0.05) is 35.9 Å². The van der Waals surface area contributed by atoms with Gasteiger partial charge in [-0.05, 0) is 66.1 Å². The normalized spacial score (nSPS) is 12.0. The minimum atomic E-state index is -4.75. The summed E-state index contributed by atoms with van der Waals surface area (Å²) < 4.78 is 65.8. The number of benzene rings is 3. The van der Waals surface area contributed by atoms with Crippen molar-refractivity contribution in [3.63, 3.8) is 0 Å². The highest BCUT2D eigenvalue weighted by atomic mass is 35.5. The van der Waals surface area contributed by atoms with Crippen molar-refractivity contribution in [2.24, 2.45) is 0 Å². The maximum atomic E-state index is 13.2. The van der Waals surface area contributed by atoms with Crippen molar-refractivity contribution in [3.05, 3.63) is 77.3 Å². The van der Waals surface area contributed by atoms with Gasteiger partial charge in [0.2, 0.25) is 0 Å². The first-order chi connectivity index (χ1) is 14.0. The standard InChI is InChI=1S/C21H17ClF3NO3S/c1-14-11-18(27)9-10-20(14)15-5-7-17(8-6-15)26(13-21(23,24)25)30(28,29)19-4-2-3-16(22)12-19/h2-12,27H,13H2,1H3. The summed E-state index contributed by atoms with van der Waals surface area (Å²) in [7, 11) is -4.51. The van der Waals surface area contributed by atoms with Crippen LogP contribution in [0.3, 0.4) is 0 Å². The molecule has 3 rings (SSSR count). The molecule has 0 unspecified atom stereocenters. The first-order valence-corrected chi connectivity index (χ1v) is 10.5. The van der Waals surface area contributed by atoms with Gasteiger partial charge in [0.1, 0.15) is 12.3 Å². The molecular weight excluding hydrogens is 439 g/mol. The number of sulfonamides is 1. The van der Waals surface area contributed by atoms with Crippen LogP contribution in [0, 0.1) is 6.92 Å². The molecule has 0 aliphatic heterocycles. The smallest absolute Gasteiger partial charge is 0.407 e. The molecule has 9 heteroatoms. The largest absolute Gasteiger partial charge is 0.508 e. The molecule has 0 spiro atoms. The Balaban J connectivity index is 2.04. The first-order valence-electron chi connectivity index (χ1n) is 8.72. The van der Waals surface area contributed by atoms with Crippen LogP contribution in [0.4, 0.5) is 18.9 Å². The molecule has 0 bridgehead atoms. The lowest BCUT2D eigenvalue weighted by molar-refractivity contribution is -0.117. The zero-order valence-corrected chi connectivity index (χ0v) is 17.3. The fourth-order valence-electron chi connectivity index (χ4n) is 3.01. The summed E-state index contributed by atoms with van der Waals surface area (Å²) in [6.07, 6.45) is -4.75. The summed E-state index contributed by atoms with van der Waals surface area (Å²) in [6, 6.07) is 15.5. The highest BCUT2D eigenvalue weighted by Gasteiger charge is 2.37. The minimum Gasteiger partial charge on any atom is -0.508 e. The number of nitrogens with zero attached hydrogens (tertiary/aromatic N) is 1. The predicted molar refractivity (Wildman–Crippen MR) is 110 cm³/mol. The monoisotopic (exact) mass is 455 g/mol. The third-order valence-corrected chi connectivity index (χ3v) is 6.39. The Kier molecular flexibility index (Phi) is 6.01. The van der Waals surface area contributed by atoms with E-state index in [4.69, 9.17) is 11.6 Å². The van der Waals surface area contributed by atoms with Gasteiger partial charge in [-0.3, -0.25) is 4.31 Å². The molecule has 0 fully saturated rings. The fourth-order valence-corrected chi connectivity index (χ4v) is 4.76. The Bertz CT molecular complexity index is 1160. The summed E-state index contributed by atoms with van der Waals surface area (Å²) in [4.78, 5) is -0.335. The van der Waals surface area contributed by atoms with Gasteiger partial charge in [-0.25, -0.2) is 8.42 Å². The molecule has 30 heavy (non-hydrogen) atoms. The van der Waals surface area contributed by atoms with E-state index >= 15 is 0 Å². The van der Waals surface area contributed by atoms with Crippen molar-refractivity contribution in [1.82, 2.24) is 0 Å². The molecule has 158 valence electrons. The molecule has 4 nitrogen and oxygen atoms in total. The Morgan fingerprint density at radius 3 is 2.23 bits per heavy atom. The van der Waals surface area contributed by atoms with Crippen LogP contribution in [0.25, 0.3) is 11.1 Å². The molecule has 3 aromatic carbocycles.